The third-order valence-corrected chi connectivity index (χ3v) is 6.90. The number of nitrogens with one attached hydrogen (secondary N) is 1. The van der Waals surface area contributed by atoms with Crippen molar-refractivity contribution in [3.63, 3.8) is 0 Å². The fourth-order valence-electron chi connectivity index (χ4n) is 4.91. The maximum absolute atomic E-state index is 14.0. The summed E-state index contributed by atoms with van der Waals surface area (Å²) >= 11 is 0. The number of anilines is 1. The molecule has 0 radical (unpaired) electrons. The summed E-state index contributed by atoms with van der Waals surface area (Å²) < 4.78 is 11.1. The van der Waals surface area contributed by atoms with Crippen LogP contribution in [0.1, 0.15) is 66.7 Å². The number of hydrogen-bond donors (Lipinski definition) is 1. The van der Waals surface area contributed by atoms with Gasteiger partial charge in [-0.05, 0) is 54.7 Å². The van der Waals surface area contributed by atoms with E-state index < -0.39 is 6.04 Å². The van der Waals surface area contributed by atoms with Crippen molar-refractivity contribution in [3.05, 3.63) is 83.7 Å². The van der Waals surface area contributed by atoms with Crippen LogP contribution in [0.25, 0.3) is 0 Å². The number of hydrogen-bond acceptors (Lipinski definition) is 5. The molecule has 0 bridgehead atoms. The van der Waals surface area contributed by atoms with Crippen molar-refractivity contribution < 1.29 is 19.1 Å². The van der Waals surface area contributed by atoms with Crippen LogP contribution in [0.15, 0.2) is 66.9 Å². The number of nitrogens with zero attached hydrogens (tertiary/aromatic N) is 2. The van der Waals surface area contributed by atoms with Gasteiger partial charge in [0.25, 0.3) is 5.91 Å². The molecule has 0 spiro atoms. The monoisotopic (exact) mass is 485 g/mol. The molecular formula is C29H31N3O4. The highest BCUT2D eigenvalue weighted by Gasteiger charge is 2.36. The quantitative estimate of drug-likeness (QED) is 0.497. The lowest BCUT2D eigenvalue weighted by Gasteiger charge is -2.33. The fraction of sp³-hybridized carbons (Fsp3) is 0.345. The van der Waals surface area contributed by atoms with Gasteiger partial charge in [-0.25, -0.2) is 0 Å². The van der Waals surface area contributed by atoms with Crippen LogP contribution in [0.4, 0.5) is 5.69 Å². The van der Waals surface area contributed by atoms with E-state index in [1.165, 1.54) is 11.3 Å². The highest BCUT2D eigenvalue weighted by Crippen LogP contribution is 2.39. The van der Waals surface area contributed by atoms with Crippen molar-refractivity contribution in [2.45, 2.75) is 57.5 Å². The topological polar surface area (TPSA) is 80.8 Å². The second-order valence-corrected chi connectivity index (χ2v) is 9.27. The number of aromatic nitrogens is 1. The first-order chi connectivity index (χ1) is 17.6. The van der Waals surface area contributed by atoms with Crippen molar-refractivity contribution in [2.24, 2.45) is 0 Å². The van der Waals surface area contributed by atoms with Gasteiger partial charge in [-0.1, -0.05) is 56.5 Å². The molecule has 7 nitrogen and oxygen atoms in total. The van der Waals surface area contributed by atoms with Gasteiger partial charge in [0.05, 0.1) is 0 Å². The van der Waals surface area contributed by atoms with E-state index in [2.05, 4.69) is 17.2 Å². The van der Waals surface area contributed by atoms with E-state index >= 15 is 0 Å². The predicted molar refractivity (Wildman–Crippen MR) is 137 cm³/mol. The maximum atomic E-state index is 14.0. The van der Waals surface area contributed by atoms with E-state index in [1.54, 1.807) is 42.6 Å². The Bertz CT molecular complexity index is 1210. The third-order valence-electron chi connectivity index (χ3n) is 6.90. The Morgan fingerprint density at radius 1 is 1.00 bits per heavy atom. The summed E-state index contributed by atoms with van der Waals surface area (Å²) in [4.78, 5) is 33.8. The minimum Gasteiger partial charge on any atom is -0.454 e. The van der Waals surface area contributed by atoms with Gasteiger partial charge in [-0.15, -0.1) is 0 Å². The number of ether oxygens (including phenoxy) is 2. The summed E-state index contributed by atoms with van der Waals surface area (Å²) in [5.41, 5.74) is 2.70. The van der Waals surface area contributed by atoms with E-state index in [0.29, 0.717) is 17.2 Å². The number of amides is 2. The number of carbonyl (C=O) groups is 2. The van der Waals surface area contributed by atoms with Gasteiger partial charge in [0.2, 0.25) is 12.7 Å². The smallest absolute Gasteiger partial charge is 0.277 e. The molecule has 1 fully saturated rings. The first kappa shape index (κ1) is 23.9. The molecule has 1 aliphatic heterocycles. The van der Waals surface area contributed by atoms with Gasteiger partial charge in [-0.2, -0.15) is 0 Å². The Balaban J connectivity index is 1.60. The molecule has 0 unspecified atom stereocenters. The van der Waals surface area contributed by atoms with E-state index in [9.17, 15) is 9.59 Å². The van der Waals surface area contributed by atoms with Crippen LogP contribution in [0.5, 0.6) is 11.5 Å². The van der Waals surface area contributed by atoms with Gasteiger partial charge in [0, 0.05) is 24.0 Å². The minimum atomic E-state index is -0.882. The summed E-state index contributed by atoms with van der Waals surface area (Å²) in [6.07, 6.45) is 7.75. The number of pyridine rings is 1. The first-order valence-corrected chi connectivity index (χ1v) is 12.7. The fourth-order valence-corrected chi connectivity index (χ4v) is 4.91. The van der Waals surface area contributed by atoms with E-state index in [-0.39, 0.29) is 30.3 Å². The van der Waals surface area contributed by atoms with Crippen molar-refractivity contribution in [1.29, 1.82) is 0 Å². The zero-order chi connectivity index (χ0) is 24.9. The maximum Gasteiger partial charge on any atom is 0.277 e. The summed E-state index contributed by atoms with van der Waals surface area (Å²) in [6, 6.07) is 17.6. The third kappa shape index (κ3) is 5.05. The number of aryl methyl sites for hydroxylation is 1. The van der Waals surface area contributed by atoms with Gasteiger partial charge in [0.1, 0.15) is 11.7 Å². The lowest BCUT2D eigenvalue weighted by atomic mass is 9.94. The van der Waals surface area contributed by atoms with Crippen LogP contribution < -0.4 is 19.7 Å². The molecule has 2 aromatic carbocycles. The van der Waals surface area contributed by atoms with Crippen molar-refractivity contribution in [2.75, 3.05) is 11.7 Å². The van der Waals surface area contributed by atoms with Crippen molar-refractivity contribution >= 4 is 17.5 Å². The standard InChI is InChI=1S/C29H31N3O4/c1-2-20-11-13-21(14-12-20)27(28(33)31-22-8-4-3-5-9-22)32(29(34)24-10-6-7-17-30-24)23-15-16-25-26(18-23)36-19-35-25/h6-7,10-18,22,27H,2-5,8-9,19H2,1H3,(H,31,33)/t27-/m0/s1. The summed E-state index contributed by atoms with van der Waals surface area (Å²) in [5, 5.41) is 3.25. The van der Waals surface area contributed by atoms with Gasteiger partial charge < -0.3 is 14.8 Å². The molecule has 1 saturated carbocycles. The van der Waals surface area contributed by atoms with E-state index in [0.717, 1.165) is 43.2 Å². The number of rotatable bonds is 7. The molecule has 2 heterocycles. The number of carbonyl (C=O) groups excluding carboxylic acids is 2. The van der Waals surface area contributed by atoms with Crippen LogP contribution in [0, 0.1) is 0 Å². The van der Waals surface area contributed by atoms with Crippen LogP contribution in [0.2, 0.25) is 0 Å². The molecule has 7 heteroatoms. The highest BCUT2D eigenvalue weighted by atomic mass is 16.7. The number of fused-ring (bicyclic) bond motifs is 1. The highest BCUT2D eigenvalue weighted by molar-refractivity contribution is 6.09. The first-order valence-electron chi connectivity index (χ1n) is 12.7. The van der Waals surface area contributed by atoms with Crippen LogP contribution in [0.3, 0.4) is 0 Å². The normalized spacial score (nSPS) is 15.8. The molecule has 1 aromatic heterocycles. The van der Waals surface area contributed by atoms with Gasteiger partial charge in [-0.3, -0.25) is 19.5 Å². The summed E-state index contributed by atoms with van der Waals surface area (Å²) in [7, 11) is 0. The molecule has 2 amide bonds. The molecule has 5 rings (SSSR count). The second-order valence-electron chi connectivity index (χ2n) is 9.27. The van der Waals surface area contributed by atoms with Gasteiger partial charge >= 0.3 is 0 Å². The lowest BCUT2D eigenvalue weighted by Crippen LogP contribution is -2.47. The zero-order valence-electron chi connectivity index (χ0n) is 20.5. The Hall–Kier alpha value is -3.87. The summed E-state index contributed by atoms with van der Waals surface area (Å²) in [6.45, 7) is 2.21. The van der Waals surface area contributed by atoms with Crippen LogP contribution in [-0.2, 0) is 11.2 Å². The molecule has 186 valence electrons. The molecule has 3 aromatic rings. The molecular weight excluding hydrogens is 454 g/mol. The zero-order valence-corrected chi connectivity index (χ0v) is 20.5. The van der Waals surface area contributed by atoms with E-state index in [1.807, 2.05) is 24.3 Å². The van der Waals surface area contributed by atoms with Crippen molar-refractivity contribution in [3.8, 4) is 11.5 Å². The minimum absolute atomic E-state index is 0.104. The van der Waals surface area contributed by atoms with Crippen molar-refractivity contribution in [1.82, 2.24) is 10.3 Å². The van der Waals surface area contributed by atoms with Crippen LogP contribution in [-0.4, -0.2) is 29.6 Å². The lowest BCUT2D eigenvalue weighted by molar-refractivity contribution is -0.123. The average Bonchev–Trinajstić information content (AvgIpc) is 3.40. The molecule has 0 saturated heterocycles. The van der Waals surface area contributed by atoms with Gasteiger partial charge in [0.15, 0.2) is 11.5 Å². The van der Waals surface area contributed by atoms with Crippen LogP contribution >= 0.6 is 0 Å². The molecule has 1 atom stereocenters. The molecule has 2 aliphatic rings. The Kier molecular flexibility index (Phi) is 7.16. The predicted octanol–water partition coefficient (Wildman–Crippen LogP) is 5.21. The Morgan fingerprint density at radius 2 is 1.78 bits per heavy atom. The molecule has 1 N–H and O–H groups in total. The molecule has 1 aliphatic carbocycles. The SMILES string of the molecule is CCc1ccc([C@@H](C(=O)NC2CCCCC2)N(C(=O)c2ccccn2)c2ccc3c(c2)OCO3)cc1. The van der Waals surface area contributed by atoms with E-state index in [4.69, 9.17) is 9.47 Å². The number of benzene rings is 2. The Labute approximate surface area is 211 Å². The Morgan fingerprint density at radius 3 is 2.50 bits per heavy atom. The molecule has 36 heavy (non-hydrogen) atoms. The average molecular weight is 486 g/mol. The summed E-state index contributed by atoms with van der Waals surface area (Å²) in [5.74, 6) is 0.588. The second kappa shape index (κ2) is 10.8. The largest absolute Gasteiger partial charge is 0.454 e.